The molecule has 0 aliphatic heterocycles. The maximum atomic E-state index is 11.9. The Labute approximate surface area is 119 Å². The minimum Gasteiger partial charge on any atom is -0.352 e. The maximum absolute atomic E-state index is 11.9. The minimum atomic E-state index is -0.0454. The standard InChI is InChI=1S/C13H14IN3O/c14-5-1-2-6-17-13(18)10-3-4-11-12(9-10)16-8-7-15-11/h3-4,7-9H,1-2,5-6H2,(H,17,18). The third-order valence-corrected chi connectivity index (χ3v) is 3.34. The first-order valence-corrected chi connectivity index (χ1v) is 7.39. The molecule has 0 atom stereocenters. The molecular weight excluding hydrogens is 341 g/mol. The molecule has 0 unspecified atom stereocenters. The van der Waals surface area contributed by atoms with E-state index in [-0.39, 0.29) is 5.91 Å². The summed E-state index contributed by atoms with van der Waals surface area (Å²) in [7, 11) is 0. The number of hydrogen-bond donors (Lipinski definition) is 1. The van der Waals surface area contributed by atoms with Gasteiger partial charge in [0.25, 0.3) is 5.91 Å². The zero-order valence-electron chi connectivity index (χ0n) is 9.90. The number of benzene rings is 1. The van der Waals surface area contributed by atoms with E-state index in [2.05, 4.69) is 37.9 Å². The highest BCUT2D eigenvalue weighted by atomic mass is 127. The van der Waals surface area contributed by atoms with Crippen molar-refractivity contribution in [3.63, 3.8) is 0 Å². The molecule has 2 aromatic rings. The number of hydrogen-bond acceptors (Lipinski definition) is 3. The summed E-state index contributed by atoms with van der Waals surface area (Å²) in [5.41, 5.74) is 2.19. The van der Waals surface area contributed by atoms with Crippen LogP contribution < -0.4 is 5.32 Å². The number of alkyl halides is 1. The molecule has 1 aromatic heterocycles. The van der Waals surface area contributed by atoms with Crippen LogP contribution in [0.1, 0.15) is 23.2 Å². The van der Waals surface area contributed by atoms with E-state index >= 15 is 0 Å². The smallest absolute Gasteiger partial charge is 0.251 e. The summed E-state index contributed by atoms with van der Waals surface area (Å²) in [5, 5.41) is 2.91. The van der Waals surface area contributed by atoms with E-state index in [1.807, 2.05) is 6.07 Å². The van der Waals surface area contributed by atoms with Gasteiger partial charge in [-0.25, -0.2) is 0 Å². The van der Waals surface area contributed by atoms with Crippen LogP contribution in [0.25, 0.3) is 11.0 Å². The van der Waals surface area contributed by atoms with Gasteiger partial charge in [0.2, 0.25) is 0 Å². The molecule has 0 bridgehead atoms. The van der Waals surface area contributed by atoms with E-state index in [1.54, 1.807) is 24.5 Å². The Morgan fingerprint density at radius 2 is 1.94 bits per heavy atom. The first-order valence-electron chi connectivity index (χ1n) is 5.86. The first kappa shape index (κ1) is 13.2. The molecule has 0 saturated heterocycles. The van der Waals surface area contributed by atoms with Crippen molar-refractivity contribution < 1.29 is 4.79 Å². The lowest BCUT2D eigenvalue weighted by atomic mass is 10.2. The lowest BCUT2D eigenvalue weighted by molar-refractivity contribution is 0.0953. The van der Waals surface area contributed by atoms with Crippen LogP contribution >= 0.6 is 22.6 Å². The topological polar surface area (TPSA) is 54.9 Å². The Morgan fingerprint density at radius 1 is 1.17 bits per heavy atom. The first-order chi connectivity index (χ1) is 8.81. The molecule has 1 N–H and O–H groups in total. The summed E-state index contributed by atoms with van der Waals surface area (Å²) < 4.78 is 1.12. The lowest BCUT2D eigenvalue weighted by Crippen LogP contribution is -2.24. The molecule has 94 valence electrons. The SMILES string of the molecule is O=C(NCCCCI)c1ccc2nccnc2c1. The third-order valence-electron chi connectivity index (χ3n) is 2.58. The molecular formula is C13H14IN3O. The Morgan fingerprint density at radius 3 is 2.72 bits per heavy atom. The molecule has 1 amide bonds. The average Bonchev–Trinajstić information content (AvgIpc) is 2.43. The van der Waals surface area contributed by atoms with E-state index in [1.165, 1.54) is 0 Å². The number of halogens is 1. The number of carbonyl (C=O) groups is 1. The number of unbranched alkanes of at least 4 members (excludes halogenated alkanes) is 1. The molecule has 0 aliphatic rings. The van der Waals surface area contributed by atoms with Gasteiger partial charge in [-0.15, -0.1) is 0 Å². The number of nitrogens with one attached hydrogen (secondary N) is 1. The number of rotatable bonds is 5. The largest absolute Gasteiger partial charge is 0.352 e. The molecule has 0 saturated carbocycles. The van der Waals surface area contributed by atoms with Gasteiger partial charge in [-0.05, 0) is 35.5 Å². The number of amides is 1. The molecule has 0 spiro atoms. The normalized spacial score (nSPS) is 10.5. The molecule has 0 radical (unpaired) electrons. The van der Waals surface area contributed by atoms with Gasteiger partial charge in [0.15, 0.2) is 0 Å². The summed E-state index contributed by atoms with van der Waals surface area (Å²) in [6.07, 6.45) is 5.42. The Bertz CT molecular complexity index is 545. The van der Waals surface area contributed by atoms with E-state index < -0.39 is 0 Å². The van der Waals surface area contributed by atoms with Gasteiger partial charge in [0, 0.05) is 24.5 Å². The van der Waals surface area contributed by atoms with Crippen molar-refractivity contribution >= 4 is 39.5 Å². The number of aromatic nitrogens is 2. The fraction of sp³-hybridized carbons (Fsp3) is 0.308. The van der Waals surface area contributed by atoms with Crippen LogP contribution in [0.5, 0.6) is 0 Å². The molecule has 18 heavy (non-hydrogen) atoms. The Balaban J connectivity index is 2.04. The Hall–Kier alpha value is -1.24. The number of carbonyl (C=O) groups excluding carboxylic acids is 1. The fourth-order valence-corrected chi connectivity index (χ4v) is 2.17. The van der Waals surface area contributed by atoms with Crippen molar-refractivity contribution in [2.45, 2.75) is 12.8 Å². The summed E-state index contributed by atoms with van der Waals surface area (Å²) in [5.74, 6) is -0.0454. The third kappa shape index (κ3) is 3.38. The van der Waals surface area contributed by atoms with Crippen LogP contribution in [0.4, 0.5) is 0 Å². The van der Waals surface area contributed by atoms with Crippen molar-refractivity contribution in [2.24, 2.45) is 0 Å². The van der Waals surface area contributed by atoms with Crippen LogP contribution in [0.15, 0.2) is 30.6 Å². The van der Waals surface area contributed by atoms with Gasteiger partial charge in [0.1, 0.15) is 0 Å². The molecule has 2 rings (SSSR count). The predicted octanol–water partition coefficient (Wildman–Crippen LogP) is 2.57. The monoisotopic (exact) mass is 355 g/mol. The summed E-state index contributed by atoms with van der Waals surface area (Å²) in [6.45, 7) is 0.723. The van der Waals surface area contributed by atoms with Crippen LogP contribution in [0.3, 0.4) is 0 Å². The zero-order chi connectivity index (χ0) is 12.8. The number of nitrogens with zero attached hydrogens (tertiary/aromatic N) is 2. The van der Waals surface area contributed by atoms with Gasteiger partial charge in [-0.2, -0.15) is 0 Å². The van der Waals surface area contributed by atoms with Crippen molar-refractivity contribution in [1.29, 1.82) is 0 Å². The van der Waals surface area contributed by atoms with Gasteiger partial charge in [-0.3, -0.25) is 14.8 Å². The van der Waals surface area contributed by atoms with Crippen molar-refractivity contribution in [1.82, 2.24) is 15.3 Å². The second-order valence-electron chi connectivity index (χ2n) is 3.91. The zero-order valence-corrected chi connectivity index (χ0v) is 12.1. The van der Waals surface area contributed by atoms with E-state index in [0.717, 1.165) is 34.8 Å². The van der Waals surface area contributed by atoms with Gasteiger partial charge in [-0.1, -0.05) is 22.6 Å². The highest BCUT2D eigenvalue weighted by molar-refractivity contribution is 14.1. The predicted molar refractivity (Wildman–Crippen MR) is 80.0 cm³/mol. The lowest BCUT2D eigenvalue weighted by Gasteiger charge is -2.05. The molecule has 1 aromatic carbocycles. The summed E-state index contributed by atoms with van der Waals surface area (Å²) >= 11 is 2.34. The second kappa shape index (κ2) is 6.63. The van der Waals surface area contributed by atoms with E-state index in [4.69, 9.17) is 0 Å². The highest BCUT2D eigenvalue weighted by Gasteiger charge is 2.06. The van der Waals surface area contributed by atoms with Crippen molar-refractivity contribution in [3.8, 4) is 0 Å². The minimum absolute atomic E-state index is 0.0454. The van der Waals surface area contributed by atoms with Crippen molar-refractivity contribution in [2.75, 3.05) is 11.0 Å². The molecule has 4 nitrogen and oxygen atoms in total. The number of fused-ring (bicyclic) bond motifs is 1. The summed E-state index contributed by atoms with van der Waals surface area (Å²) in [4.78, 5) is 20.3. The molecule has 0 fully saturated rings. The average molecular weight is 355 g/mol. The van der Waals surface area contributed by atoms with Gasteiger partial charge in [0.05, 0.1) is 11.0 Å². The summed E-state index contributed by atoms with van der Waals surface area (Å²) in [6, 6.07) is 5.38. The molecule has 5 heteroatoms. The Kier molecular flexibility index (Phi) is 4.86. The second-order valence-corrected chi connectivity index (χ2v) is 4.99. The van der Waals surface area contributed by atoms with E-state index in [0.29, 0.717) is 5.56 Å². The quantitative estimate of drug-likeness (QED) is 0.510. The van der Waals surface area contributed by atoms with Crippen LogP contribution in [-0.4, -0.2) is 26.8 Å². The van der Waals surface area contributed by atoms with Crippen LogP contribution in [0, 0.1) is 0 Å². The van der Waals surface area contributed by atoms with Crippen molar-refractivity contribution in [3.05, 3.63) is 36.2 Å². The van der Waals surface area contributed by atoms with Gasteiger partial charge < -0.3 is 5.32 Å². The highest BCUT2D eigenvalue weighted by Crippen LogP contribution is 2.10. The maximum Gasteiger partial charge on any atom is 0.251 e. The fourth-order valence-electron chi connectivity index (χ4n) is 1.63. The van der Waals surface area contributed by atoms with E-state index in [9.17, 15) is 4.79 Å². The molecule has 0 aliphatic carbocycles. The van der Waals surface area contributed by atoms with Crippen LogP contribution in [0.2, 0.25) is 0 Å². The van der Waals surface area contributed by atoms with Crippen LogP contribution in [-0.2, 0) is 0 Å². The van der Waals surface area contributed by atoms with Gasteiger partial charge >= 0.3 is 0 Å². The molecule has 1 heterocycles.